The third kappa shape index (κ3) is 6.57. The summed E-state index contributed by atoms with van der Waals surface area (Å²) in [5.74, 6) is 0.233. The second-order valence-corrected chi connectivity index (χ2v) is 11.9. The van der Waals surface area contributed by atoms with Gasteiger partial charge in [0.05, 0.1) is 16.8 Å². The molecule has 4 aromatic rings. The van der Waals surface area contributed by atoms with Gasteiger partial charge in [-0.3, -0.25) is 4.90 Å². The van der Waals surface area contributed by atoms with E-state index in [1.807, 2.05) is 75.5 Å². The van der Waals surface area contributed by atoms with E-state index in [4.69, 9.17) is 16.3 Å². The second-order valence-electron chi connectivity index (χ2n) is 9.46. The van der Waals surface area contributed by atoms with Crippen LogP contribution in [0, 0.1) is 0 Å². The highest BCUT2D eigenvalue weighted by molar-refractivity contribution is 7.20. The van der Waals surface area contributed by atoms with Gasteiger partial charge in [-0.05, 0) is 56.3 Å². The normalized spacial score (nSPS) is 12.4. The van der Waals surface area contributed by atoms with E-state index in [2.05, 4.69) is 15.3 Å². The summed E-state index contributed by atoms with van der Waals surface area (Å²) in [4.78, 5) is 36.5. The highest BCUT2D eigenvalue weighted by Gasteiger charge is 2.27. The van der Waals surface area contributed by atoms with Crippen LogP contribution in [0.1, 0.15) is 37.4 Å². The van der Waals surface area contributed by atoms with Gasteiger partial charge in [-0.2, -0.15) is 4.98 Å². The molecule has 0 aliphatic heterocycles. The van der Waals surface area contributed by atoms with Gasteiger partial charge in [-0.25, -0.2) is 14.6 Å². The van der Waals surface area contributed by atoms with Crippen molar-refractivity contribution in [2.45, 2.75) is 52.3 Å². The summed E-state index contributed by atoms with van der Waals surface area (Å²) >= 11 is 9.22. The van der Waals surface area contributed by atoms with Crippen LogP contribution < -0.4 is 10.2 Å². The molecule has 8 nitrogen and oxygen atoms in total. The van der Waals surface area contributed by atoms with E-state index in [-0.39, 0.29) is 23.7 Å². The number of ether oxygens (including phenoxy) is 1. The van der Waals surface area contributed by atoms with Crippen LogP contribution in [0.15, 0.2) is 47.8 Å². The molecule has 4 rings (SSSR count). The van der Waals surface area contributed by atoms with Crippen LogP contribution in [0.4, 0.5) is 15.4 Å². The summed E-state index contributed by atoms with van der Waals surface area (Å²) in [5, 5.41) is 14.8. The third-order valence-electron chi connectivity index (χ3n) is 5.26. The van der Waals surface area contributed by atoms with Crippen LogP contribution in [-0.4, -0.2) is 38.9 Å². The van der Waals surface area contributed by atoms with E-state index < -0.39 is 17.8 Å². The molecule has 1 aromatic carbocycles. The Bertz CT molecular complexity index is 1400. The van der Waals surface area contributed by atoms with Crippen LogP contribution in [-0.2, 0) is 17.7 Å². The number of carboxylic acid groups (broad SMARTS) is 1. The first-order valence-corrected chi connectivity index (χ1v) is 13.7. The molecule has 37 heavy (non-hydrogen) atoms. The molecule has 0 aliphatic rings. The highest BCUT2D eigenvalue weighted by atomic mass is 35.5. The summed E-state index contributed by atoms with van der Waals surface area (Å²) in [6.45, 7) is 7.46. The number of amides is 2. The number of nitrogens with one attached hydrogen (secondary N) is 1. The zero-order chi connectivity index (χ0) is 26.7. The Kier molecular flexibility index (Phi) is 8.01. The van der Waals surface area contributed by atoms with E-state index in [1.165, 1.54) is 27.6 Å². The van der Waals surface area contributed by atoms with Gasteiger partial charge >= 0.3 is 12.2 Å². The fourth-order valence-electron chi connectivity index (χ4n) is 3.84. The van der Waals surface area contributed by atoms with Crippen LogP contribution >= 0.6 is 34.3 Å². The number of carbonyl (C=O) groups excluding carboxylic acids is 1. The molecule has 2 amide bonds. The number of fused-ring (bicyclic) bond motifs is 1. The Balaban J connectivity index is 1.80. The molecule has 11 heteroatoms. The first-order chi connectivity index (χ1) is 17.5. The summed E-state index contributed by atoms with van der Waals surface area (Å²) in [7, 11) is 0. The van der Waals surface area contributed by atoms with Crippen molar-refractivity contribution in [3.8, 4) is 11.1 Å². The predicted molar refractivity (Wildman–Crippen MR) is 149 cm³/mol. The molecule has 0 bridgehead atoms. The first kappa shape index (κ1) is 26.8. The van der Waals surface area contributed by atoms with Crippen LogP contribution in [0.2, 0.25) is 5.28 Å². The molecule has 2 N–H and O–H groups in total. The van der Waals surface area contributed by atoms with Crippen molar-refractivity contribution < 1.29 is 19.4 Å². The lowest BCUT2D eigenvalue weighted by Gasteiger charge is -2.22. The molecule has 3 heterocycles. The van der Waals surface area contributed by atoms with Gasteiger partial charge in [-0.15, -0.1) is 22.7 Å². The quantitative estimate of drug-likeness (QED) is 0.232. The summed E-state index contributed by atoms with van der Waals surface area (Å²) in [6, 6.07) is 13.2. The number of nitrogens with zero attached hydrogens (tertiary/aromatic N) is 3. The minimum atomic E-state index is -1.14. The Hall–Kier alpha value is -3.21. The smallest absolute Gasteiger partial charge is 0.413 e. The van der Waals surface area contributed by atoms with Crippen LogP contribution in [0.5, 0.6) is 0 Å². The molecule has 0 aliphatic carbocycles. The number of aromatic nitrogens is 2. The van der Waals surface area contributed by atoms with Crippen molar-refractivity contribution in [3.63, 3.8) is 0 Å². The number of carbonyl (C=O) groups is 2. The molecule has 1 atom stereocenters. The number of halogens is 1. The summed E-state index contributed by atoms with van der Waals surface area (Å²) < 4.78 is 6.02. The predicted octanol–water partition coefficient (Wildman–Crippen LogP) is 7.21. The van der Waals surface area contributed by atoms with Crippen molar-refractivity contribution >= 4 is 62.5 Å². The van der Waals surface area contributed by atoms with E-state index in [9.17, 15) is 14.7 Å². The molecule has 0 saturated heterocycles. The number of hydrogen-bond donors (Lipinski definition) is 2. The molecule has 0 unspecified atom stereocenters. The second kappa shape index (κ2) is 11.0. The maximum absolute atomic E-state index is 12.4. The topological polar surface area (TPSA) is 105 Å². The average molecular weight is 559 g/mol. The van der Waals surface area contributed by atoms with Crippen molar-refractivity contribution in [1.82, 2.24) is 15.3 Å². The van der Waals surface area contributed by atoms with Crippen molar-refractivity contribution in [1.29, 1.82) is 0 Å². The first-order valence-electron chi connectivity index (χ1n) is 11.6. The van der Waals surface area contributed by atoms with E-state index in [0.29, 0.717) is 16.6 Å². The Morgan fingerprint density at radius 1 is 1.16 bits per heavy atom. The Morgan fingerprint density at radius 2 is 1.89 bits per heavy atom. The number of hydrogen-bond acceptors (Lipinski definition) is 7. The van der Waals surface area contributed by atoms with Gasteiger partial charge in [0, 0.05) is 27.8 Å². The van der Waals surface area contributed by atoms with Crippen molar-refractivity contribution in [2.24, 2.45) is 0 Å². The monoisotopic (exact) mass is 558 g/mol. The molecular weight excluding hydrogens is 532 g/mol. The van der Waals surface area contributed by atoms with Crippen LogP contribution in [0.3, 0.4) is 0 Å². The van der Waals surface area contributed by atoms with Gasteiger partial charge in [0.2, 0.25) is 5.28 Å². The zero-order valence-electron chi connectivity index (χ0n) is 20.8. The minimum absolute atomic E-state index is 0.0404. The Labute approximate surface area is 227 Å². The molecule has 0 spiro atoms. The van der Waals surface area contributed by atoms with E-state index in [1.54, 1.807) is 0 Å². The van der Waals surface area contributed by atoms with Crippen molar-refractivity contribution in [3.05, 3.63) is 62.9 Å². The minimum Gasteiger partial charge on any atom is -0.465 e. The number of rotatable bonds is 7. The SMILES string of the molecule is C[C@@H](Cc1sc2c(N(Cc3cccs3)C(=O)O)nc(Cl)nc2c1-c1ccccc1)NC(=O)OC(C)(C)C. The number of anilines is 1. The van der Waals surface area contributed by atoms with Crippen molar-refractivity contribution in [2.75, 3.05) is 4.90 Å². The molecule has 3 aromatic heterocycles. The fourth-order valence-corrected chi connectivity index (χ4v) is 6.09. The molecule has 0 saturated carbocycles. The largest absolute Gasteiger partial charge is 0.465 e. The summed E-state index contributed by atoms with van der Waals surface area (Å²) in [6.07, 6.45) is -1.17. The highest BCUT2D eigenvalue weighted by Crippen LogP contribution is 2.43. The molecular formula is C26H27ClN4O4S2. The fraction of sp³-hybridized carbons (Fsp3) is 0.308. The van der Waals surface area contributed by atoms with E-state index in [0.717, 1.165) is 20.9 Å². The number of alkyl carbamates (subject to hydrolysis) is 1. The van der Waals surface area contributed by atoms with Gasteiger partial charge < -0.3 is 15.2 Å². The Morgan fingerprint density at radius 3 is 2.51 bits per heavy atom. The number of benzene rings is 1. The molecule has 194 valence electrons. The standard InChI is InChI=1S/C26H27ClN4O4S2/c1-15(28-24(32)35-26(2,3)4)13-18-19(16-9-6-5-7-10-16)20-21(37-18)22(30-23(27)29-20)31(25(33)34)14-17-11-8-12-36-17/h5-12,15H,13-14H2,1-4H3,(H,28,32)(H,33,34)/t15-/m0/s1. The summed E-state index contributed by atoms with van der Waals surface area (Å²) in [5.41, 5.74) is 1.71. The molecule has 0 radical (unpaired) electrons. The molecule has 0 fully saturated rings. The zero-order valence-corrected chi connectivity index (χ0v) is 23.2. The maximum Gasteiger partial charge on any atom is 0.413 e. The van der Waals surface area contributed by atoms with Gasteiger partial charge in [-0.1, -0.05) is 36.4 Å². The lowest BCUT2D eigenvalue weighted by atomic mass is 10.0. The average Bonchev–Trinajstić information content (AvgIpc) is 3.43. The van der Waals surface area contributed by atoms with E-state index >= 15 is 0 Å². The third-order valence-corrected chi connectivity index (χ3v) is 7.49. The van der Waals surface area contributed by atoms with Gasteiger partial charge in [0.1, 0.15) is 5.60 Å². The number of thiophene rings is 2. The van der Waals surface area contributed by atoms with Crippen LogP contribution in [0.25, 0.3) is 21.3 Å². The van der Waals surface area contributed by atoms with Gasteiger partial charge in [0.15, 0.2) is 5.82 Å². The lowest BCUT2D eigenvalue weighted by molar-refractivity contribution is 0.0508. The van der Waals surface area contributed by atoms with Gasteiger partial charge in [0.25, 0.3) is 0 Å². The maximum atomic E-state index is 12.4. The lowest BCUT2D eigenvalue weighted by Crippen LogP contribution is -2.38.